The Morgan fingerprint density at radius 3 is 2.39 bits per heavy atom. The van der Waals surface area contributed by atoms with Crippen LogP contribution in [0.4, 0.5) is 5.69 Å². The molecule has 1 N–H and O–H groups in total. The van der Waals surface area contributed by atoms with Crippen LogP contribution in [0.1, 0.15) is 11.1 Å². The Morgan fingerprint density at radius 1 is 1.00 bits per heavy atom. The molecule has 0 saturated heterocycles. The Balaban J connectivity index is 1.42. The smallest absolute Gasteiger partial charge is 0.262 e. The van der Waals surface area contributed by atoms with Gasteiger partial charge < -0.3 is 14.8 Å². The molecule has 3 aromatic rings. The summed E-state index contributed by atoms with van der Waals surface area (Å²) in [6.07, 6.45) is 0.596. The second-order valence-electron chi connectivity index (χ2n) is 7.54. The van der Waals surface area contributed by atoms with Crippen LogP contribution in [-0.4, -0.2) is 38.9 Å². The molecule has 0 fully saturated rings. The summed E-state index contributed by atoms with van der Waals surface area (Å²) < 4.78 is 38.2. The predicted octanol–water partition coefficient (Wildman–Crippen LogP) is 4.11. The van der Waals surface area contributed by atoms with E-state index in [9.17, 15) is 13.2 Å². The number of nitrogens with zero attached hydrogens (tertiary/aromatic N) is 1. The summed E-state index contributed by atoms with van der Waals surface area (Å²) in [5.41, 5.74) is 2.50. The van der Waals surface area contributed by atoms with E-state index in [0.29, 0.717) is 35.2 Å². The maximum absolute atomic E-state index is 13.1. The van der Waals surface area contributed by atoms with Crippen LogP contribution in [0.3, 0.4) is 0 Å². The molecular weight excluding hydrogens is 464 g/mol. The molecule has 0 atom stereocenters. The lowest BCUT2D eigenvalue weighted by atomic mass is 10.0. The summed E-state index contributed by atoms with van der Waals surface area (Å²) in [7, 11) is -2.11. The van der Waals surface area contributed by atoms with Crippen molar-refractivity contribution in [2.75, 3.05) is 25.6 Å². The molecule has 7 nitrogen and oxygen atoms in total. The highest BCUT2D eigenvalue weighted by molar-refractivity contribution is 7.89. The van der Waals surface area contributed by atoms with Crippen LogP contribution in [-0.2, 0) is 27.8 Å². The molecule has 1 amide bonds. The van der Waals surface area contributed by atoms with Crippen LogP contribution >= 0.6 is 11.6 Å². The Hall–Kier alpha value is -3.07. The largest absolute Gasteiger partial charge is 0.497 e. The number of carbonyl (C=O) groups is 1. The van der Waals surface area contributed by atoms with Crippen molar-refractivity contribution >= 4 is 33.2 Å². The third-order valence-corrected chi connectivity index (χ3v) is 7.46. The average molecular weight is 487 g/mol. The number of carbonyl (C=O) groups excluding carboxylic acids is 1. The average Bonchev–Trinajstić information content (AvgIpc) is 2.83. The molecular formula is C24H23ClN2O5S. The Kier molecular flexibility index (Phi) is 6.88. The Morgan fingerprint density at radius 2 is 1.70 bits per heavy atom. The molecule has 1 heterocycles. The van der Waals surface area contributed by atoms with Gasteiger partial charge in [0.2, 0.25) is 10.0 Å². The van der Waals surface area contributed by atoms with Gasteiger partial charge in [0.25, 0.3) is 5.91 Å². The number of methoxy groups -OCH3 is 1. The number of fused-ring (bicyclic) bond motifs is 1. The van der Waals surface area contributed by atoms with Gasteiger partial charge in [-0.25, -0.2) is 8.42 Å². The van der Waals surface area contributed by atoms with Crippen LogP contribution in [0.2, 0.25) is 5.02 Å². The molecule has 4 rings (SSSR count). The van der Waals surface area contributed by atoms with Crippen LogP contribution in [0.15, 0.2) is 71.6 Å². The van der Waals surface area contributed by atoms with E-state index in [1.807, 2.05) is 18.2 Å². The van der Waals surface area contributed by atoms with Crippen LogP contribution in [0.25, 0.3) is 0 Å². The number of amides is 1. The molecule has 1 aliphatic heterocycles. The number of hydrogen-bond acceptors (Lipinski definition) is 5. The van der Waals surface area contributed by atoms with Gasteiger partial charge in [-0.15, -0.1) is 0 Å². The number of benzene rings is 3. The highest BCUT2D eigenvalue weighted by Crippen LogP contribution is 2.28. The molecule has 3 aromatic carbocycles. The lowest BCUT2D eigenvalue weighted by Gasteiger charge is -2.28. The predicted molar refractivity (Wildman–Crippen MR) is 126 cm³/mol. The van der Waals surface area contributed by atoms with Gasteiger partial charge in [-0.05, 0) is 78.2 Å². The van der Waals surface area contributed by atoms with E-state index >= 15 is 0 Å². The summed E-state index contributed by atoms with van der Waals surface area (Å²) in [5, 5.41) is 3.39. The second kappa shape index (κ2) is 9.82. The molecule has 0 bridgehead atoms. The zero-order chi connectivity index (χ0) is 23.4. The van der Waals surface area contributed by atoms with Crippen molar-refractivity contribution in [2.24, 2.45) is 0 Å². The molecule has 0 radical (unpaired) electrons. The molecule has 0 unspecified atom stereocenters. The summed E-state index contributed by atoms with van der Waals surface area (Å²) in [4.78, 5) is 12.5. The first-order chi connectivity index (χ1) is 15.8. The van der Waals surface area contributed by atoms with Gasteiger partial charge in [-0.2, -0.15) is 4.31 Å². The van der Waals surface area contributed by atoms with Crippen LogP contribution < -0.4 is 14.8 Å². The number of rotatable bonds is 7. The normalized spacial score (nSPS) is 13.8. The first-order valence-electron chi connectivity index (χ1n) is 10.3. The van der Waals surface area contributed by atoms with Gasteiger partial charge in [0, 0.05) is 23.8 Å². The third-order valence-electron chi connectivity index (χ3n) is 5.35. The zero-order valence-electron chi connectivity index (χ0n) is 18.0. The number of hydrogen-bond donors (Lipinski definition) is 1. The van der Waals surface area contributed by atoms with Gasteiger partial charge in [-0.3, -0.25) is 4.79 Å². The number of sulfonamides is 1. The minimum atomic E-state index is -3.65. The maximum atomic E-state index is 13.1. The summed E-state index contributed by atoms with van der Waals surface area (Å²) >= 11 is 5.84. The molecule has 0 aromatic heterocycles. The topological polar surface area (TPSA) is 84.9 Å². The molecule has 33 heavy (non-hydrogen) atoms. The van der Waals surface area contributed by atoms with Gasteiger partial charge in [0.1, 0.15) is 11.5 Å². The highest BCUT2D eigenvalue weighted by atomic mass is 35.5. The SMILES string of the molecule is COc1ccc(S(=O)(=O)N2CCc3ccc(NC(=O)COc4ccc(Cl)cc4)cc3C2)cc1. The van der Waals surface area contributed by atoms with Crippen molar-refractivity contribution in [1.29, 1.82) is 0 Å². The number of anilines is 1. The van der Waals surface area contributed by atoms with Gasteiger partial charge in [0.15, 0.2) is 6.61 Å². The van der Waals surface area contributed by atoms with E-state index in [1.165, 1.54) is 11.4 Å². The molecule has 1 aliphatic rings. The minimum absolute atomic E-state index is 0.156. The van der Waals surface area contributed by atoms with Crippen molar-refractivity contribution in [1.82, 2.24) is 4.31 Å². The molecule has 172 valence electrons. The fourth-order valence-electron chi connectivity index (χ4n) is 3.59. The Bertz CT molecular complexity index is 1240. The summed E-state index contributed by atoms with van der Waals surface area (Å²) in [6, 6.07) is 18.6. The van der Waals surface area contributed by atoms with Crippen LogP contribution in [0.5, 0.6) is 11.5 Å². The number of ether oxygens (including phenoxy) is 2. The third kappa shape index (κ3) is 5.47. The zero-order valence-corrected chi connectivity index (χ0v) is 19.5. The Labute approximate surface area is 197 Å². The van der Waals surface area contributed by atoms with Crippen LogP contribution in [0, 0.1) is 0 Å². The van der Waals surface area contributed by atoms with Gasteiger partial charge in [0.05, 0.1) is 12.0 Å². The minimum Gasteiger partial charge on any atom is -0.497 e. The fraction of sp³-hybridized carbons (Fsp3) is 0.208. The van der Waals surface area contributed by atoms with Gasteiger partial charge in [-0.1, -0.05) is 17.7 Å². The first-order valence-corrected chi connectivity index (χ1v) is 12.1. The second-order valence-corrected chi connectivity index (χ2v) is 9.91. The van der Waals surface area contributed by atoms with E-state index < -0.39 is 10.0 Å². The van der Waals surface area contributed by atoms with Crippen molar-refractivity contribution < 1.29 is 22.7 Å². The van der Waals surface area contributed by atoms with E-state index in [2.05, 4.69) is 5.32 Å². The monoisotopic (exact) mass is 486 g/mol. The van der Waals surface area contributed by atoms with Crippen molar-refractivity contribution in [3.05, 3.63) is 82.9 Å². The number of halogens is 1. The first kappa shape index (κ1) is 23.1. The molecule has 0 spiro atoms. The summed E-state index contributed by atoms with van der Waals surface area (Å²) in [5.74, 6) is 0.821. The van der Waals surface area contributed by atoms with E-state index in [-0.39, 0.29) is 24.0 Å². The maximum Gasteiger partial charge on any atom is 0.262 e. The summed E-state index contributed by atoms with van der Waals surface area (Å²) in [6.45, 7) is 0.466. The van der Waals surface area contributed by atoms with E-state index in [4.69, 9.17) is 21.1 Å². The quantitative estimate of drug-likeness (QED) is 0.543. The lowest BCUT2D eigenvalue weighted by Crippen LogP contribution is -2.36. The van der Waals surface area contributed by atoms with Crippen molar-refractivity contribution in [2.45, 2.75) is 17.9 Å². The lowest BCUT2D eigenvalue weighted by molar-refractivity contribution is -0.118. The number of nitrogens with one attached hydrogen (secondary N) is 1. The highest BCUT2D eigenvalue weighted by Gasteiger charge is 2.28. The fourth-order valence-corrected chi connectivity index (χ4v) is 5.13. The molecule has 9 heteroatoms. The van der Waals surface area contributed by atoms with Gasteiger partial charge >= 0.3 is 0 Å². The van der Waals surface area contributed by atoms with Crippen molar-refractivity contribution in [3.8, 4) is 11.5 Å². The van der Waals surface area contributed by atoms with E-state index in [0.717, 1.165) is 11.1 Å². The van der Waals surface area contributed by atoms with E-state index in [1.54, 1.807) is 48.5 Å². The molecule has 0 aliphatic carbocycles. The molecule has 0 saturated carbocycles. The standard InChI is InChI=1S/C24H23ClN2O5S/c1-31-21-8-10-23(11-9-21)33(29,30)27-13-12-17-2-5-20(14-18(17)15-27)26-24(28)16-32-22-6-3-19(25)4-7-22/h2-11,14H,12-13,15-16H2,1H3,(H,26,28). The van der Waals surface area contributed by atoms with Crippen molar-refractivity contribution in [3.63, 3.8) is 0 Å².